The van der Waals surface area contributed by atoms with E-state index < -0.39 is 22.7 Å². The van der Waals surface area contributed by atoms with Crippen molar-refractivity contribution in [2.45, 2.75) is 31.8 Å². The fourth-order valence-electron chi connectivity index (χ4n) is 5.80. The largest absolute Gasteiger partial charge is 0.394 e. The second-order valence-electron chi connectivity index (χ2n) is 10.6. The zero-order valence-corrected chi connectivity index (χ0v) is 22.8. The Bertz CT molecular complexity index is 1980. The molecule has 2 aromatic heterocycles. The van der Waals surface area contributed by atoms with Gasteiger partial charge in [-0.1, -0.05) is 24.3 Å². The number of aromatic amines is 1. The second kappa shape index (κ2) is 10.3. The Hall–Kier alpha value is -5.72. The van der Waals surface area contributed by atoms with Gasteiger partial charge >= 0.3 is 0 Å². The molecule has 13 heteroatoms. The maximum absolute atomic E-state index is 13.1. The van der Waals surface area contributed by atoms with Gasteiger partial charge in [-0.3, -0.25) is 24.3 Å². The van der Waals surface area contributed by atoms with Crippen molar-refractivity contribution in [2.24, 2.45) is 0 Å². The van der Waals surface area contributed by atoms with Crippen molar-refractivity contribution in [1.82, 2.24) is 35.8 Å². The number of fused-ring (bicyclic) bond motifs is 2. The van der Waals surface area contributed by atoms with Crippen LogP contribution in [-0.2, 0) is 19.4 Å². The van der Waals surface area contributed by atoms with Crippen LogP contribution in [0.4, 0.5) is 17.1 Å². The van der Waals surface area contributed by atoms with Crippen molar-refractivity contribution in [2.75, 3.05) is 17.2 Å². The third-order valence-electron chi connectivity index (χ3n) is 8.04. The number of H-pyrrole nitrogens is 1. The van der Waals surface area contributed by atoms with E-state index in [0.717, 1.165) is 46.3 Å². The van der Waals surface area contributed by atoms with Gasteiger partial charge in [0.15, 0.2) is 5.82 Å². The van der Waals surface area contributed by atoms with E-state index in [0.29, 0.717) is 18.8 Å². The maximum atomic E-state index is 13.1. The summed E-state index contributed by atoms with van der Waals surface area (Å²) in [6, 6.07) is 12.8. The zero-order valence-electron chi connectivity index (χ0n) is 22.8. The van der Waals surface area contributed by atoms with Crippen LogP contribution in [0.25, 0.3) is 11.4 Å². The fraction of sp³-hybridized carbons (Fsp3) is 0.200. The first-order chi connectivity index (χ1) is 20.9. The number of anilines is 3. The highest BCUT2D eigenvalue weighted by Gasteiger charge is 2.30. The Balaban J connectivity index is 1.01. The van der Waals surface area contributed by atoms with Gasteiger partial charge in [-0.15, -0.1) is 0 Å². The van der Waals surface area contributed by atoms with Gasteiger partial charge in [0, 0.05) is 30.4 Å². The summed E-state index contributed by atoms with van der Waals surface area (Å²) in [5, 5.41) is 12.6. The molecular formula is C30H25N9O4. The molecule has 7 rings (SSSR count). The molecule has 214 valence electrons. The highest BCUT2D eigenvalue weighted by Crippen LogP contribution is 2.36. The highest BCUT2D eigenvalue weighted by atomic mass is 16.2. The van der Waals surface area contributed by atoms with E-state index in [1.807, 2.05) is 36.4 Å². The summed E-state index contributed by atoms with van der Waals surface area (Å²) in [6.07, 6.45) is 4.91. The van der Waals surface area contributed by atoms with Crippen LogP contribution in [0.2, 0.25) is 0 Å². The van der Waals surface area contributed by atoms with Gasteiger partial charge in [-0.2, -0.15) is 5.10 Å². The monoisotopic (exact) mass is 575 g/mol. The van der Waals surface area contributed by atoms with Crippen molar-refractivity contribution in [3.05, 3.63) is 109 Å². The number of nitrogens with zero attached hydrogens (tertiary/aromatic N) is 5. The lowest BCUT2D eigenvalue weighted by Gasteiger charge is -2.22. The molecule has 0 bridgehead atoms. The molecule has 43 heavy (non-hydrogen) atoms. The van der Waals surface area contributed by atoms with Gasteiger partial charge in [0.25, 0.3) is 22.7 Å². The van der Waals surface area contributed by atoms with E-state index in [-0.39, 0.29) is 35.3 Å². The molecule has 2 aliphatic rings. The van der Waals surface area contributed by atoms with Crippen LogP contribution in [0.5, 0.6) is 0 Å². The molecular weight excluding hydrogens is 550 g/mol. The van der Waals surface area contributed by atoms with Gasteiger partial charge in [-0.25, -0.2) is 15.0 Å². The predicted molar refractivity (Wildman–Crippen MR) is 156 cm³/mol. The number of carbonyl (C=O) groups excluding carboxylic acids is 2. The Morgan fingerprint density at radius 3 is 2.56 bits per heavy atom. The van der Waals surface area contributed by atoms with Crippen LogP contribution in [0.1, 0.15) is 55.7 Å². The lowest BCUT2D eigenvalue weighted by atomic mass is 10.0. The number of carbonyl (C=O) groups is 2. The minimum absolute atomic E-state index is 0.0192. The Kier molecular flexibility index (Phi) is 6.26. The molecule has 3 aromatic carbocycles. The Morgan fingerprint density at radius 2 is 1.77 bits per heavy atom. The molecule has 0 unspecified atom stereocenters. The van der Waals surface area contributed by atoms with E-state index in [1.165, 1.54) is 18.7 Å². The minimum Gasteiger partial charge on any atom is -0.394 e. The topological polar surface area (TPSA) is 189 Å². The number of nitrogen functional groups attached to an aromatic ring is 1. The molecule has 5 aromatic rings. The third-order valence-corrected chi connectivity index (χ3v) is 8.04. The minimum atomic E-state index is -0.657. The summed E-state index contributed by atoms with van der Waals surface area (Å²) in [6.45, 7) is 0.726. The second-order valence-corrected chi connectivity index (χ2v) is 10.6. The Morgan fingerprint density at radius 1 is 0.930 bits per heavy atom. The molecule has 0 radical (unpaired) electrons. The van der Waals surface area contributed by atoms with E-state index in [9.17, 15) is 19.2 Å². The van der Waals surface area contributed by atoms with Crippen LogP contribution in [-0.4, -0.2) is 43.5 Å². The predicted octanol–water partition coefficient (Wildman–Crippen LogP) is 1.48. The molecule has 1 aliphatic heterocycles. The molecule has 1 aliphatic carbocycles. The first-order valence-corrected chi connectivity index (χ1v) is 13.7. The number of hydrogen-bond acceptors (Lipinski definition) is 10. The summed E-state index contributed by atoms with van der Waals surface area (Å²) in [4.78, 5) is 63.8. The first-order valence-electron chi connectivity index (χ1n) is 13.7. The van der Waals surface area contributed by atoms with Gasteiger partial charge in [0.2, 0.25) is 0 Å². The number of rotatable bonds is 7. The number of aromatic nitrogens is 5. The number of nitrogens with one attached hydrogen (secondary N) is 3. The lowest BCUT2D eigenvalue weighted by molar-refractivity contribution is 0.0931. The van der Waals surface area contributed by atoms with E-state index in [1.54, 1.807) is 4.90 Å². The van der Waals surface area contributed by atoms with Crippen LogP contribution < -0.4 is 32.1 Å². The fourth-order valence-corrected chi connectivity index (χ4v) is 5.80. The average molecular weight is 576 g/mol. The van der Waals surface area contributed by atoms with Gasteiger partial charge in [0.1, 0.15) is 35.4 Å². The summed E-state index contributed by atoms with van der Waals surface area (Å²) in [5.41, 5.74) is 10.6. The number of aryl methyl sites for hydroxylation is 1. The molecule has 0 saturated heterocycles. The molecule has 0 fully saturated rings. The van der Waals surface area contributed by atoms with Gasteiger partial charge in [-0.05, 0) is 53.6 Å². The van der Waals surface area contributed by atoms with E-state index in [2.05, 4.69) is 35.8 Å². The molecule has 1 atom stereocenters. The first kappa shape index (κ1) is 26.2. The maximum Gasteiger partial charge on any atom is 0.270 e. The van der Waals surface area contributed by atoms with Crippen LogP contribution in [0.15, 0.2) is 64.7 Å². The van der Waals surface area contributed by atoms with Crippen LogP contribution in [0.3, 0.4) is 0 Å². The number of benzene rings is 2. The van der Waals surface area contributed by atoms with Gasteiger partial charge < -0.3 is 21.3 Å². The average Bonchev–Trinajstić information content (AvgIpc) is 3.81. The summed E-state index contributed by atoms with van der Waals surface area (Å²) < 4.78 is 0. The highest BCUT2D eigenvalue weighted by molar-refractivity contribution is 5.97. The SMILES string of the molecule is Nc1c(N2CCc3ccc(CNC(=O)c4cc(C(=O)N[C@H]5CCc6cc(-c7ncn[nH]7)ccc65)ncn4)cc32)c(=O)c1=O. The number of nitrogens with two attached hydrogens (primary N) is 1. The van der Waals surface area contributed by atoms with Crippen molar-refractivity contribution < 1.29 is 9.59 Å². The van der Waals surface area contributed by atoms with Crippen LogP contribution in [0, 0.1) is 0 Å². The van der Waals surface area contributed by atoms with Crippen molar-refractivity contribution in [3.63, 3.8) is 0 Å². The van der Waals surface area contributed by atoms with Gasteiger partial charge in [0.05, 0.1) is 6.04 Å². The number of amides is 2. The van der Waals surface area contributed by atoms with Crippen molar-refractivity contribution >= 4 is 28.9 Å². The molecule has 5 N–H and O–H groups in total. The van der Waals surface area contributed by atoms with Crippen molar-refractivity contribution in [1.29, 1.82) is 0 Å². The molecule has 3 heterocycles. The lowest BCUT2D eigenvalue weighted by Crippen LogP contribution is -2.40. The van der Waals surface area contributed by atoms with E-state index in [4.69, 9.17) is 5.73 Å². The third kappa shape index (κ3) is 4.60. The molecule has 0 spiro atoms. The molecule has 13 nitrogen and oxygen atoms in total. The summed E-state index contributed by atoms with van der Waals surface area (Å²) in [7, 11) is 0. The van der Waals surface area contributed by atoms with E-state index >= 15 is 0 Å². The molecule has 0 saturated carbocycles. The van der Waals surface area contributed by atoms with Crippen LogP contribution >= 0.6 is 0 Å². The quantitative estimate of drug-likeness (QED) is 0.207. The smallest absolute Gasteiger partial charge is 0.270 e. The summed E-state index contributed by atoms with van der Waals surface area (Å²) >= 11 is 0. The van der Waals surface area contributed by atoms with Crippen molar-refractivity contribution in [3.8, 4) is 11.4 Å². The standard InChI is InChI=1S/C30H25N9O4/c31-24-25(27(41)26(24)40)39-8-7-16-2-1-15(9-23(16)39)12-32-29(42)21-11-22(34-13-33-21)30(43)37-20-6-4-17-10-18(3-5-19(17)20)28-35-14-36-38-28/h1-3,5,9-11,13-14,20H,4,6-8,12,31H2,(H,32,42)(H,37,43)(H,35,36,38)/t20-/m0/s1. The number of hydrogen-bond donors (Lipinski definition) is 4. The zero-order chi connectivity index (χ0) is 29.7. The summed E-state index contributed by atoms with van der Waals surface area (Å²) in [5.74, 6) is -0.178. The normalized spacial score (nSPS) is 15.3. The Labute approximate surface area is 243 Å². The molecule has 2 amide bonds.